The summed E-state index contributed by atoms with van der Waals surface area (Å²) in [6.45, 7) is 6.97. The Morgan fingerprint density at radius 1 is 1.11 bits per heavy atom. The van der Waals surface area contributed by atoms with E-state index in [9.17, 15) is 4.79 Å². The normalized spacial score (nSPS) is 21.0. The van der Waals surface area contributed by atoms with E-state index in [4.69, 9.17) is 4.74 Å². The minimum atomic E-state index is 0. The molecular weight excluding hydrogens is 387 g/mol. The molecule has 0 radical (unpaired) electrons. The van der Waals surface area contributed by atoms with Gasteiger partial charge < -0.3 is 15.4 Å². The maximum Gasteiger partial charge on any atom is 0.238 e. The molecular formula is C19H32Cl2N4O2. The number of amides is 1. The number of hydrogen-bond donors (Lipinski definition) is 2. The van der Waals surface area contributed by atoms with E-state index in [0.29, 0.717) is 12.6 Å². The van der Waals surface area contributed by atoms with Gasteiger partial charge in [0.2, 0.25) is 5.91 Å². The van der Waals surface area contributed by atoms with Crippen molar-refractivity contribution in [2.24, 2.45) is 0 Å². The van der Waals surface area contributed by atoms with Crippen molar-refractivity contribution in [3.8, 4) is 0 Å². The van der Waals surface area contributed by atoms with Gasteiger partial charge in [0.15, 0.2) is 0 Å². The number of rotatable bonds is 6. The van der Waals surface area contributed by atoms with Crippen molar-refractivity contribution >= 4 is 36.4 Å². The highest BCUT2D eigenvalue weighted by Crippen LogP contribution is 2.13. The number of piperidine rings is 1. The molecule has 2 aliphatic heterocycles. The zero-order chi connectivity index (χ0) is 17.5. The second kappa shape index (κ2) is 12.5. The first-order valence-corrected chi connectivity index (χ1v) is 9.31. The number of benzene rings is 1. The number of carbonyl (C=O) groups excluding carboxylic acids is 1. The third kappa shape index (κ3) is 7.94. The summed E-state index contributed by atoms with van der Waals surface area (Å²) < 4.78 is 5.38. The van der Waals surface area contributed by atoms with E-state index >= 15 is 0 Å². The topological polar surface area (TPSA) is 56.8 Å². The van der Waals surface area contributed by atoms with Crippen molar-refractivity contribution < 1.29 is 9.53 Å². The molecule has 2 aliphatic rings. The summed E-state index contributed by atoms with van der Waals surface area (Å²) in [6.07, 6.45) is 2.34. The fourth-order valence-electron chi connectivity index (χ4n) is 3.55. The average Bonchev–Trinajstić information content (AvgIpc) is 2.64. The van der Waals surface area contributed by atoms with Gasteiger partial charge in [-0.2, -0.15) is 0 Å². The van der Waals surface area contributed by atoms with Crippen LogP contribution in [0.1, 0.15) is 18.4 Å². The smallest absolute Gasteiger partial charge is 0.238 e. The Morgan fingerprint density at radius 3 is 2.48 bits per heavy atom. The van der Waals surface area contributed by atoms with E-state index in [-0.39, 0.29) is 30.7 Å². The molecule has 0 aromatic heterocycles. The fraction of sp³-hybridized carbons (Fsp3) is 0.632. The maximum absolute atomic E-state index is 12.3. The largest absolute Gasteiger partial charge is 0.379 e. The summed E-state index contributed by atoms with van der Waals surface area (Å²) in [5.41, 5.74) is 2.14. The fourth-order valence-corrected chi connectivity index (χ4v) is 3.55. The number of anilines is 1. The summed E-state index contributed by atoms with van der Waals surface area (Å²) in [5.74, 6) is 0.0673. The van der Waals surface area contributed by atoms with E-state index in [1.165, 1.54) is 12.0 Å². The third-order valence-electron chi connectivity index (χ3n) is 5.03. The predicted molar refractivity (Wildman–Crippen MR) is 114 cm³/mol. The molecule has 1 amide bonds. The van der Waals surface area contributed by atoms with E-state index in [2.05, 4.69) is 32.6 Å². The van der Waals surface area contributed by atoms with Crippen molar-refractivity contribution in [3.63, 3.8) is 0 Å². The number of ether oxygens (including phenoxy) is 1. The molecule has 1 atom stereocenters. The Morgan fingerprint density at radius 2 is 1.81 bits per heavy atom. The summed E-state index contributed by atoms with van der Waals surface area (Å²) in [6, 6.07) is 8.70. The highest BCUT2D eigenvalue weighted by atomic mass is 35.5. The van der Waals surface area contributed by atoms with E-state index < -0.39 is 0 Å². The molecule has 0 bridgehead atoms. The number of morpholine rings is 1. The first kappa shape index (κ1) is 24.1. The second-order valence-electron chi connectivity index (χ2n) is 7.00. The molecule has 0 aliphatic carbocycles. The molecule has 2 N–H and O–H groups in total. The minimum Gasteiger partial charge on any atom is -0.379 e. The van der Waals surface area contributed by atoms with Gasteiger partial charge in [-0.05, 0) is 44.1 Å². The molecule has 1 aromatic rings. The van der Waals surface area contributed by atoms with Crippen molar-refractivity contribution in [2.45, 2.75) is 25.4 Å². The maximum atomic E-state index is 12.3. The first-order valence-electron chi connectivity index (χ1n) is 9.31. The lowest BCUT2D eigenvalue weighted by Crippen LogP contribution is -2.46. The van der Waals surface area contributed by atoms with E-state index in [1.807, 2.05) is 19.2 Å². The highest BCUT2D eigenvalue weighted by Gasteiger charge is 2.20. The van der Waals surface area contributed by atoms with Crippen LogP contribution in [0.4, 0.5) is 5.69 Å². The molecule has 2 fully saturated rings. The molecule has 0 spiro atoms. The van der Waals surface area contributed by atoms with Gasteiger partial charge in [0.1, 0.15) is 0 Å². The molecule has 2 heterocycles. The summed E-state index contributed by atoms with van der Waals surface area (Å²) in [4.78, 5) is 16.9. The molecule has 3 rings (SSSR count). The molecule has 6 nitrogen and oxygen atoms in total. The van der Waals surface area contributed by atoms with E-state index in [0.717, 1.165) is 58.0 Å². The lowest BCUT2D eigenvalue weighted by molar-refractivity contribution is -0.117. The van der Waals surface area contributed by atoms with Crippen LogP contribution in [0, 0.1) is 0 Å². The number of likely N-dealkylation sites (N-methyl/N-ethyl adjacent to an activating group) is 1. The van der Waals surface area contributed by atoms with Crippen LogP contribution in [0.15, 0.2) is 24.3 Å². The van der Waals surface area contributed by atoms with Crippen molar-refractivity contribution in [1.82, 2.24) is 15.1 Å². The summed E-state index contributed by atoms with van der Waals surface area (Å²) in [7, 11) is 1.99. The number of nitrogens with zero attached hydrogens (tertiary/aromatic N) is 2. The average molecular weight is 419 g/mol. The second-order valence-corrected chi connectivity index (χ2v) is 7.00. The number of carbonyl (C=O) groups is 1. The molecule has 27 heavy (non-hydrogen) atoms. The zero-order valence-electron chi connectivity index (χ0n) is 16.0. The quantitative estimate of drug-likeness (QED) is 0.739. The Kier molecular flexibility index (Phi) is 11.2. The van der Waals surface area contributed by atoms with Gasteiger partial charge in [0, 0.05) is 37.9 Å². The first-order chi connectivity index (χ1) is 12.2. The minimum absolute atomic E-state index is 0. The van der Waals surface area contributed by atoms with Crippen molar-refractivity contribution in [2.75, 3.05) is 58.3 Å². The molecule has 1 aromatic carbocycles. The van der Waals surface area contributed by atoms with Gasteiger partial charge in [0.05, 0.1) is 19.8 Å². The SMILES string of the molecule is CNC1CCCN(CC(=O)Nc2ccc(CN3CCOCC3)cc2)C1.Cl.Cl. The molecule has 2 saturated heterocycles. The van der Waals surface area contributed by atoms with Gasteiger partial charge in [-0.25, -0.2) is 0 Å². The zero-order valence-corrected chi connectivity index (χ0v) is 17.6. The van der Waals surface area contributed by atoms with Crippen LogP contribution in [-0.2, 0) is 16.1 Å². The Bertz CT molecular complexity index is 553. The van der Waals surface area contributed by atoms with Gasteiger partial charge >= 0.3 is 0 Å². The van der Waals surface area contributed by atoms with Crippen molar-refractivity contribution in [3.05, 3.63) is 29.8 Å². The Labute approximate surface area is 174 Å². The third-order valence-corrected chi connectivity index (χ3v) is 5.03. The lowest BCUT2D eigenvalue weighted by atomic mass is 10.1. The number of nitrogens with one attached hydrogen (secondary N) is 2. The molecule has 154 valence electrons. The number of halogens is 2. The molecule has 8 heteroatoms. The van der Waals surface area contributed by atoms with Crippen LogP contribution in [0.5, 0.6) is 0 Å². The molecule has 0 saturated carbocycles. The van der Waals surface area contributed by atoms with Crippen LogP contribution < -0.4 is 10.6 Å². The summed E-state index contributed by atoms with van der Waals surface area (Å²) in [5, 5.41) is 6.33. The number of hydrogen-bond acceptors (Lipinski definition) is 5. The Balaban J connectivity index is 0.00000182. The lowest BCUT2D eigenvalue weighted by Gasteiger charge is -2.31. The monoisotopic (exact) mass is 418 g/mol. The van der Waals surface area contributed by atoms with Gasteiger partial charge in [-0.1, -0.05) is 12.1 Å². The van der Waals surface area contributed by atoms with Gasteiger partial charge in [-0.3, -0.25) is 14.6 Å². The predicted octanol–water partition coefficient (Wildman–Crippen LogP) is 1.98. The van der Waals surface area contributed by atoms with Crippen LogP contribution in [0.2, 0.25) is 0 Å². The van der Waals surface area contributed by atoms with Crippen LogP contribution in [0.3, 0.4) is 0 Å². The van der Waals surface area contributed by atoms with Crippen LogP contribution >= 0.6 is 24.8 Å². The van der Waals surface area contributed by atoms with Crippen LogP contribution in [-0.4, -0.2) is 74.7 Å². The Hall–Kier alpha value is -0.890. The van der Waals surface area contributed by atoms with Crippen LogP contribution in [0.25, 0.3) is 0 Å². The number of likely N-dealkylation sites (tertiary alicyclic amines) is 1. The summed E-state index contributed by atoms with van der Waals surface area (Å²) >= 11 is 0. The van der Waals surface area contributed by atoms with Gasteiger partial charge in [-0.15, -0.1) is 24.8 Å². The van der Waals surface area contributed by atoms with Crippen molar-refractivity contribution in [1.29, 1.82) is 0 Å². The highest BCUT2D eigenvalue weighted by molar-refractivity contribution is 5.92. The molecule has 1 unspecified atom stereocenters. The van der Waals surface area contributed by atoms with E-state index in [1.54, 1.807) is 0 Å². The van der Waals surface area contributed by atoms with Gasteiger partial charge in [0.25, 0.3) is 0 Å². The standard InChI is InChI=1S/C19H30N4O2.2ClH/c1-20-18-3-2-8-23(14-18)15-19(24)21-17-6-4-16(5-7-17)13-22-9-11-25-12-10-22;;/h4-7,18,20H,2-3,8-15H2,1H3,(H,21,24);2*1H.